The highest BCUT2D eigenvalue weighted by atomic mass is 127. The smallest absolute Gasteiger partial charge is 0.339 e. The highest BCUT2D eigenvalue weighted by Crippen LogP contribution is 1.99. The molecule has 5 heteroatoms. The Morgan fingerprint density at radius 2 is 2.31 bits per heavy atom. The maximum atomic E-state index is 11.1. The second kappa shape index (κ2) is 4.40. The van der Waals surface area contributed by atoms with Gasteiger partial charge in [0.15, 0.2) is 0 Å². The first-order valence-corrected chi connectivity index (χ1v) is 5.06. The number of halogens is 1. The summed E-state index contributed by atoms with van der Waals surface area (Å²) in [6.07, 6.45) is 1.49. The molecule has 0 fully saturated rings. The zero-order chi connectivity index (χ0) is 9.84. The van der Waals surface area contributed by atoms with Crippen molar-refractivity contribution >= 4 is 28.6 Å². The number of pyridine rings is 1. The van der Waals surface area contributed by atoms with Crippen LogP contribution in [0.25, 0.3) is 0 Å². The van der Waals surface area contributed by atoms with Crippen LogP contribution in [-0.4, -0.2) is 17.6 Å². The minimum absolute atomic E-state index is 0.123. The quantitative estimate of drug-likeness (QED) is 0.465. The lowest BCUT2D eigenvalue weighted by molar-refractivity contribution is 0.0599. The Bertz CT molecular complexity index is 372. The molecule has 0 aliphatic rings. The molecule has 0 N–H and O–H groups in total. The first-order chi connectivity index (χ1) is 6.19. The summed E-state index contributed by atoms with van der Waals surface area (Å²) in [6, 6.07) is 2.81. The summed E-state index contributed by atoms with van der Waals surface area (Å²) in [4.78, 5) is 22.2. The molecule has 0 aliphatic heterocycles. The van der Waals surface area contributed by atoms with E-state index >= 15 is 0 Å². The molecule has 0 saturated carbocycles. The fraction of sp³-hybridized carbons (Fsp3) is 0.250. The lowest BCUT2D eigenvalue weighted by Crippen LogP contribution is -2.18. The van der Waals surface area contributed by atoms with Gasteiger partial charge in [-0.05, 0) is 6.07 Å². The van der Waals surface area contributed by atoms with E-state index in [2.05, 4.69) is 4.74 Å². The largest absolute Gasteiger partial charge is 0.465 e. The third-order valence-corrected chi connectivity index (χ3v) is 2.27. The molecule has 1 heterocycles. The molecule has 1 aromatic heterocycles. The SMILES string of the molecule is COC(=O)c1ccc(=O)n(CI)c1. The van der Waals surface area contributed by atoms with E-state index in [1.54, 1.807) is 0 Å². The first-order valence-electron chi connectivity index (χ1n) is 3.54. The summed E-state index contributed by atoms with van der Waals surface area (Å²) < 4.78 is 6.47. The lowest BCUT2D eigenvalue weighted by Gasteiger charge is -2.02. The summed E-state index contributed by atoms with van der Waals surface area (Å²) in [5, 5.41) is 0. The van der Waals surface area contributed by atoms with Gasteiger partial charge in [-0.15, -0.1) is 0 Å². The van der Waals surface area contributed by atoms with E-state index in [9.17, 15) is 9.59 Å². The first kappa shape index (κ1) is 10.2. The number of ether oxygens (including phenoxy) is 1. The predicted octanol–water partition coefficient (Wildman–Crippen LogP) is 1.03. The lowest BCUT2D eigenvalue weighted by atomic mass is 10.3. The van der Waals surface area contributed by atoms with Crippen molar-refractivity contribution < 1.29 is 9.53 Å². The molecule has 0 unspecified atom stereocenters. The molecular formula is C8H8INO3. The maximum absolute atomic E-state index is 11.1. The molecule has 70 valence electrons. The molecule has 0 atom stereocenters. The van der Waals surface area contributed by atoms with Crippen molar-refractivity contribution in [1.82, 2.24) is 4.57 Å². The van der Waals surface area contributed by atoms with Crippen molar-refractivity contribution in [2.24, 2.45) is 0 Å². The van der Waals surface area contributed by atoms with Crippen molar-refractivity contribution in [3.8, 4) is 0 Å². The highest BCUT2D eigenvalue weighted by molar-refractivity contribution is 14.1. The summed E-state index contributed by atoms with van der Waals surface area (Å²) in [7, 11) is 1.31. The molecular weight excluding hydrogens is 285 g/mol. The topological polar surface area (TPSA) is 48.3 Å². The van der Waals surface area contributed by atoms with Crippen LogP contribution in [0.3, 0.4) is 0 Å². The van der Waals surface area contributed by atoms with Crippen molar-refractivity contribution in [2.45, 2.75) is 4.55 Å². The average molecular weight is 293 g/mol. The van der Waals surface area contributed by atoms with Crippen LogP contribution in [0.1, 0.15) is 10.4 Å². The van der Waals surface area contributed by atoms with Gasteiger partial charge in [0.1, 0.15) is 0 Å². The molecule has 0 aromatic carbocycles. The number of carbonyl (C=O) groups excluding carboxylic acids is 1. The van der Waals surface area contributed by atoms with Gasteiger partial charge in [0.25, 0.3) is 5.56 Å². The third kappa shape index (κ3) is 2.30. The summed E-state index contributed by atoms with van der Waals surface area (Å²) >= 11 is 2.04. The van der Waals surface area contributed by atoms with Crippen LogP contribution >= 0.6 is 22.6 Å². The van der Waals surface area contributed by atoms with Crippen LogP contribution in [0.5, 0.6) is 0 Å². The minimum atomic E-state index is -0.432. The Balaban J connectivity index is 3.13. The molecule has 0 aliphatic carbocycles. The van der Waals surface area contributed by atoms with Gasteiger partial charge in [-0.2, -0.15) is 0 Å². The summed E-state index contributed by atoms with van der Waals surface area (Å²) in [5.41, 5.74) is 0.265. The molecule has 4 nitrogen and oxygen atoms in total. The van der Waals surface area contributed by atoms with Crippen molar-refractivity contribution in [2.75, 3.05) is 7.11 Å². The standard InChI is InChI=1S/C8H8INO3/c1-13-8(12)6-2-3-7(11)10(4-6)5-9/h2-4H,5H2,1H3. The number of methoxy groups -OCH3 is 1. The van der Waals surface area contributed by atoms with Gasteiger partial charge in [-0.3, -0.25) is 4.79 Å². The number of carbonyl (C=O) groups is 1. The van der Waals surface area contributed by atoms with E-state index in [1.165, 1.54) is 30.0 Å². The van der Waals surface area contributed by atoms with Gasteiger partial charge in [0.2, 0.25) is 0 Å². The molecule has 13 heavy (non-hydrogen) atoms. The summed E-state index contributed by atoms with van der Waals surface area (Å²) in [5.74, 6) is -0.432. The van der Waals surface area contributed by atoms with Crippen LogP contribution in [-0.2, 0) is 9.29 Å². The Morgan fingerprint density at radius 1 is 1.62 bits per heavy atom. The van der Waals surface area contributed by atoms with Gasteiger partial charge >= 0.3 is 5.97 Å². The van der Waals surface area contributed by atoms with Crippen LogP contribution in [0, 0.1) is 0 Å². The van der Waals surface area contributed by atoms with Crippen molar-refractivity contribution in [3.63, 3.8) is 0 Å². The van der Waals surface area contributed by atoms with Crippen LogP contribution < -0.4 is 5.56 Å². The number of esters is 1. The number of hydrogen-bond donors (Lipinski definition) is 0. The Hall–Kier alpha value is -0.850. The van der Waals surface area contributed by atoms with E-state index in [0.29, 0.717) is 10.1 Å². The number of aromatic nitrogens is 1. The summed E-state index contributed by atoms with van der Waals surface area (Å²) in [6.45, 7) is 0. The third-order valence-electron chi connectivity index (χ3n) is 1.53. The molecule has 0 radical (unpaired) electrons. The second-order valence-corrected chi connectivity index (χ2v) is 3.02. The molecule has 1 aromatic rings. The number of rotatable bonds is 2. The van der Waals surface area contributed by atoms with Crippen LogP contribution in [0.4, 0.5) is 0 Å². The zero-order valence-electron chi connectivity index (χ0n) is 6.99. The second-order valence-electron chi connectivity index (χ2n) is 2.34. The number of alkyl halides is 1. The maximum Gasteiger partial charge on any atom is 0.339 e. The van der Waals surface area contributed by atoms with E-state index < -0.39 is 5.97 Å². The van der Waals surface area contributed by atoms with Gasteiger partial charge in [0.05, 0.1) is 17.2 Å². The van der Waals surface area contributed by atoms with Gasteiger partial charge in [0, 0.05) is 12.3 Å². The number of nitrogens with zero attached hydrogens (tertiary/aromatic N) is 1. The fourth-order valence-corrected chi connectivity index (χ4v) is 1.40. The van der Waals surface area contributed by atoms with Crippen LogP contribution in [0.2, 0.25) is 0 Å². The van der Waals surface area contributed by atoms with Crippen LogP contribution in [0.15, 0.2) is 23.1 Å². The van der Waals surface area contributed by atoms with Gasteiger partial charge in [-0.1, -0.05) is 22.6 Å². The Morgan fingerprint density at radius 3 is 2.85 bits per heavy atom. The fourth-order valence-electron chi connectivity index (χ4n) is 0.863. The van der Waals surface area contributed by atoms with E-state index in [1.807, 2.05) is 22.6 Å². The average Bonchev–Trinajstić information content (AvgIpc) is 2.17. The molecule has 1 rings (SSSR count). The monoisotopic (exact) mass is 293 g/mol. The van der Waals surface area contributed by atoms with Gasteiger partial charge < -0.3 is 9.30 Å². The Labute approximate surface area is 88.7 Å². The minimum Gasteiger partial charge on any atom is -0.465 e. The van der Waals surface area contributed by atoms with E-state index in [4.69, 9.17) is 0 Å². The van der Waals surface area contributed by atoms with Crippen molar-refractivity contribution in [3.05, 3.63) is 34.2 Å². The molecule has 0 spiro atoms. The number of hydrogen-bond acceptors (Lipinski definition) is 3. The Kier molecular flexibility index (Phi) is 3.47. The molecule has 0 amide bonds. The molecule has 0 bridgehead atoms. The zero-order valence-corrected chi connectivity index (χ0v) is 9.15. The molecule has 0 saturated heterocycles. The predicted molar refractivity (Wildman–Crippen MR) is 56.1 cm³/mol. The van der Waals surface area contributed by atoms with Crippen molar-refractivity contribution in [1.29, 1.82) is 0 Å². The highest BCUT2D eigenvalue weighted by Gasteiger charge is 2.05. The normalized spacial score (nSPS) is 9.69. The van der Waals surface area contributed by atoms with Gasteiger partial charge in [-0.25, -0.2) is 4.79 Å². The van der Waals surface area contributed by atoms with E-state index in [-0.39, 0.29) is 5.56 Å². The van der Waals surface area contributed by atoms with E-state index in [0.717, 1.165) is 0 Å².